The number of unbranched alkanes of at least 4 members (excludes halogenated alkanes) is 13. The summed E-state index contributed by atoms with van der Waals surface area (Å²) in [6.07, 6.45) is 50.6. The van der Waals surface area contributed by atoms with Crippen LogP contribution < -0.4 is 0 Å². The van der Waals surface area contributed by atoms with Crippen molar-refractivity contribution in [2.24, 2.45) is 0 Å². The number of allylic oxidation sites excluding steroid dienone is 11. The van der Waals surface area contributed by atoms with Gasteiger partial charge >= 0.3 is 11.9 Å². The number of carbonyl (C=O) groups excluding carboxylic acids is 1. The fourth-order valence-corrected chi connectivity index (χ4v) is 4.95. The summed E-state index contributed by atoms with van der Waals surface area (Å²) in [4.78, 5) is 23.3. The standard InChI is InChI=1S/C41H68O4/c1-3-5-7-9-11-13-15-16-17-18-19-21-23-25-30-34-38-41(44)45-39(36-32-28-26-29-33-37-40(42)43)35-31-27-24-22-20-14-12-10-8-6-4-2/h6,8,12-15,17-18,22,24,31,35,39H,3-5,7,9-11,16,19-21,23,25-30,32-34,36-38H2,1-2H3,(H,42,43)/b8-6-,14-12-,15-13-,18-17-,24-22-,35-31-. The van der Waals surface area contributed by atoms with Gasteiger partial charge in [-0.3, -0.25) is 9.59 Å². The summed E-state index contributed by atoms with van der Waals surface area (Å²) in [5.74, 6) is -0.814. The highest BCUT2D eigenvalue weighted by molar-refractivity contribution is 5.69. The maximum atomic E-state index is 12.6. The Morgan fingerprint density at radius 1 is 0.533 bits per heavy atom. The minimum atomic E-state index is -0.722. The van der Waals surface area contributed by atoms with Crippen LogP contribution in [0.1, 0.15) is 168 Å². The van der Waals surface area contributed by atoms with E-state index in [1.807, 2.05) is 0 Å². The molecule has 0 bridgehead atoms. The van der Waals surface area contributed by atoms with Crippen LogP contribution >= 0.6 is 0 Å². The second-order valence-electron chi connectivity index (χ2n) is 12.0. The molecule has 0 fully saturated rings. The topological polar surface area (TPSA) is 63.6 Å². The van der Waals surface area contributed by atoms with Gasteiger partial charge in [0.25, 0.3) is 0 Å². The van der Waals surface area contributed by atoms with Crippen LogP contribution in [0.2, 0.25) is 0 Å². The molecule has 0 aromatic heterocycles. The molecule has 0 rings (SSSR count). The zero-order chi connectivity index (χ0) is 32.9. The van der Waals surface area contributed by atoms with E-state index in [2.05, 4.69) is 86.8 Å². The first-order chi connectivity index (χ1) is 22.1. The summed E-state index contributed by atoms with van der Waals surface area (Å²) in [5.41, 5.74) is 0. The van der Waals surface area contributed by atoms with Crippen LogP contribution in [-0.4, -0.2) is 23.1 Å². The molecule has 0 saturated heterocycles. The van der Waals surface area contributed by atoms with Crippen molar-refractivity contribution in [1.29, 1.82) is 0 Å². The predicted molar refractivity (Wildman–Crippen MR) is 195 cm³/mol. The van der Waals surface area contributed by atoms with E-state index < -0.39 is 5.97 Å². The van der Waals surface area contributed by atoms with Gasteiger partial charge in [-0.25, -0.2) is 0 Å². The molecule has 4 nitrogen and oxygen atoms in total. The van der Waals surface area contributed by atoms with E-state index in [0.717, 1.165) is 89.9 Å². The molecule has 0 aliphatic heterocycles. The third kappa shape index (κ3) is 35.7. The van der Waals surface area contributed by atoms with Gasteiger partial charge in [-0.15, -0.1) is 0 Å². The van der Waals surface area contributed by atoms with Crippen molar-refractivity contribution in [2.45, 2.75) is 174 Å². The first-order valence-electron chi connectivity index (χ1n) is 18.4. The molecule has 4 heteroatoms. The molecule has 0 spiro atoms. The van der Waals surface area contributed by atoms with Crippen LogP contribution in [0.5, 0.6) is 0 Å². The summed E-state index contributed by atoms with van der Waals surface area (Å²) in [5, 5.41) is 8.79. The predicted octanol–water partition coefficient (Wildman–Crippen LogP) is 12.7. The monoisotopic (exact) mass is 625 g/mol. The molecular formula is C41H68O4. The van der Waals surface area contributed by atoms with E-state index in [-0.39, 0.29) is 18.5 Å². The van der Waals surface area contributed by atoms with Gasteiger partial charge in [0, 0.05) is 12.8 Å². The van der Waals surface area contributed by atoms with Crippen LogP contribution in [-0.2, 0) is 14.3 Å². The van der Waals surface area contributed by atoms with Gasteiger partial charge in [-0.05, 0) is 89.5 Å². The lowest BCUT2D eigenvalue weighted by molar-refractivity contribution is -0.147. The lowest BCUT2D eigenvalue weighted by atomic mass is 10.1. The highest BCUT2D eigenvalue weighted by Gasteiger charge is 2.11. The van der Waals surface area contributed by atoms with Crippen molar-refractivity contribution in [1.82, 2.24) is 0 Å². The third-order valence-electron chi connectivity index (χ3n) is 7.65. The van der Waals surface area contributed by atoms with Gasteiger partial charge in [0.1, 0.15) is 6.10 Å². The van der Waals surface area contributed by atoms with Crippen LogP contribution in [0.3, 0.4) is 0 Å². The van der Waals surface area contributed by atoms with Crippen molar-refractivity contribution in [3.63, 3.8) is 0 Å². The van der Waals surface area contributed by atoms with Gasteiger partial charge in [0.05, 0.1) is 0 Å². The average Bonchev–Trinajstić information content (AvgIpc) is 3.02. The third-order valence-corrected chi connectivity index (χ3v) is 7.65. The summed E-state index contributed by atoms with van der Waals surface area (Å²) in [7, 11) is 0. The van der Waals surface area contributed by atoms with Crippen LogP contribution in [0.4, 0.5) is 0 Å². The molecule has 0 heterocycles. The van der Waals surface area contributed by atoms with Crippen molar-refractivity contribution in [2.75, 3.05) is 0 Å². The molecule has 1 N–H and O–H groups in total. The van der Waals surface area contributed by atoms with E-state index in [1.165, 1.54) is 51.4 Å². The van der Waals surface area contributed by atoms with Crippen LogP contribution in [0, 0.1) is 0 Å². The molecule has 0 saturated carbocycles. The maximum Gasteiger partial charge on any atom is 0.306 e. The first kappa shape index (κ1) is 42.4. The van der Waals surface area contributed by atoms with E-state index in [0.29, 0.717) is 6.42 Å². The Kier molecular flexibility index (Phi) is 33.8. The van der Waals surface area contributed by atoms with Crippen LogP contribution in [0.15, 0.2) is 72.9 Å². The molecule has 1 atom stereocenters. The summed E-state index contributed by atoms with van der Waals surface area (Å²) < 4.78 is 5.87. The van der Waals surface area contributed by atoms with Gasteiger partial charge in [-0.1, -0.05) is 138 Å². The van der Waals surface area contributed by atoms with Gasteiger partial charge in [0.2, 0.25) is 0 Å². The molecule has 0 aromatic carbocycles. The molecular weight excluding hydrogens is 556 g/mol. The lowest BCUT2D eigenvalue weighted by Gasteiger charge is -2.14. The van der Waals surface area contributed by atoms with Crippen molar-refractivity contribution in [3.8, 4) is 0 Å². The second kappa shape index (κ2) is 35.9. The Hall–Kier alpha value is -2.62. The number of aliphatic carboxylic acids is 1. The molecule has 1 unspecified atom stereocenters. The number of ether oxygens (including phenoxy) is 1. The quantitative estimate of drug-likeness (QED) is 0.0459. The second-order valence-corrected chi connectivity index (χ2v) is 12.0. The fraction of sp³-hybridized carbons (Fsp3) is 0.659. The minimum Gasteiger partial charge on any atom is -0.481 e. The number of carboxylic acids is 1. The largest absolute Gasteiger partial charge is 0.481 e. The SMILES string of the molecule is CC/C=C\C/C=C\C/C=C\C/C=C\C(CCCCCCCC(=O)O)OC(=O)CCCCCCC/C=C\C/C=C\CCCCCC. The van der Waals surface area contributed by atoms with Crippen LogP contribution in [0.25, 0.3) is 0 Å². The van der Waals surface area contributed by atoms with Gasteiger partial charge in [-0.2, -0.15) is 0 Å². The molecule has 0 aromatic rings. The Balaban J connectivity index is 4.23. The van der Waals surface area contributed by atoms with Crippen molar-refractivity contribution >= 4 is 11.9 Å². The Bertz CT molecular complexity index is 846. The summed E-state index contributed by atoms with van der Waals surface area (Å²) in [6, 6.07) is 0. The highest BCUT2D eigenvalue weighted by atomic mass is 16.5. The molecule has 0 radical (unpaired) electrons. The maximum absolute atomic E-state index is 12.6. The van der Waals surface area contributed by atoms with Crippen molar-refractivity contribution in [3.05, 3.63) is 72.9 Å². The highest BCUT2D eigenvalue weighted by Crippen LogP contribution is 2.14. The molecule has 0 aliphatic rings. The zero-order valence-electron chi connectivity index (χ0n) is 29.1. The number of rotatable bonds is 32. The minimum absolute atomic E-state index is 0.0924. The Labute approximate surface area is 277 Å². The smallest absolute Gasteiger partial charge is 0.306 e. The number of esters is 1. The molecule has 45 heavy (non-hydrogen) atoms. The zero-order valence-corrected chi connectivity index (χ0v) is 29.1. The van der Waals surface area contributed by atoms with E-state index in [1.54, 1.807) is 0 Å². The summed E-state index contributed by atoms with van der Waals surface area (Å²) in [6.45, 7) is 4.40. The van der Waals surface area contributed by atoms with E-state index in [9.17, 15) is 9.59 Å². The molecule has 0 aliphatic carbocycles. The van der Waals surface area contributed by atoms with E-state index >= 15 is 0 Å². The van der Waals surface area contributed by atoms with E-state index in [4.69, 9.17) is 9.84 Å². The Morgan fingerprint density at radius 2 is 1.00 bits per heavy atom. The number of hydrogen-bond donors (Lipinski definition) is 1. The van der Waals surface area contributed by atoms with Gasteiger partial charge < -0.3 is 9.84 Å². The number of carbonyl (C=O) groups is 2. The average molecular weight is 625 g/mol. The van der Waals surface area contributed by atoms with Crippen molar-refractivity contribution < 1.29 is 19.4 Å². The lowest BCUT2D eigenvalue weighted by Crippen LogP contribution is -2.16. The number of hydrogen-bond acceptors (Lipinski definition) is 3. The number of carboxylic acid groups (broad SMARTS) is 1. The Morgan fingerprint density at radius 3 is 1.58 bits per heavy atom. The molecule has 256 valence electrons. The van der Waals surface area contributed by atoms with Gasteiger partial charge in [0.15, 0.2) is 0 Å². The fourth-order valence-electron chi connectivity index (χ4n) is 4.95. The summed E-state index contributed by atoms with van der Waals surface area (Å²) >= 11 is 0. The first-order valence-corrected chi connectivity index (χ1v) is 18.4. The normalized spacial score (nSPS) is 13.1. The molecule has 0 amide bonds.